The number of methoxy groups -OCH3 is 1. The molecule has 0 spiro atoms. The van der Waals surface area contributed by atoms with Crippen LogP contribution in [0.5, 0.6) is 0 Å². The van der Waals surface area contributed by atoms with Crippen molar-refractivity contribution in [1.82, 2.24) is 15.4 Å². The average molecular weight is 422 g/mol. The number of carbonyl (C=O) groups excluding carboxylic acids is 2. The molecule has 0 saturated carbocycles. The standard InChI is InChI=1S/C20H18N6O5/c1-12-7-9-13(10-8-12)19(27)25-24-18-16(26(29)30)17(21-11-22-18)23-15-6-4-3-5-14(15)20(28)31-2/h3-11H,1-2H3,(H,25,27)(H2,21,22,23,24). The first-order valence-electron chi connectivity index (χ1n) is 8.97. The molecular formula is C20H18N6O5. The number of aromatic nitrogens is 2. The quantitative estimate of drug-likeness (QED) is 0.297. The Labute approximate surface area is 176 Å². The number of nitro groups is 1. The van der Waals surface area contributed by atoms with Gasteiger partial charge in [-0.25, -0.2) is 14.8 Å². The van der Waals surface area contributed by atoms with Crippen molar-refractivity contribution in [2.75, 3.05) is 17.9 Å². The second-order valence-corrected chi connectivity index (χ2v) is 6.28. The van der Waals surface area contributed by atoms with Gasteiger partial charge in [-0.15, -0.1) is 0 Å². The van der Waals surface area contributed by atoms with Gasteiger partial charge in [-0.2, -0.15) is 0 Å². The van der Waals surface area contributed by atoms with E-state index in [0.717, 1.165) is 11.9 Å². The van der Waals surface area contributed by atoms with Crippen molar-refractivity contribution in [3.05, 3.63) is 81.7 Å². The van der Waals surface area contributed by atoms with E-state index in [2.05, 4.69) is 26.1 Å². The lowest BCUT2D eigenvalue weighted by molar-refractivity contribution is -0.383. The molecule has 0 unspecified atom stereocenters. The molecular weight excluding hydrogens is 404 g/mol. The number of hydrogen-bond donors (Lipinski definition) is 3. The molecule has 1 aromatic heterocycles. The van der Waals surface area contributed by atoms with E-state index in [1.165, 1.54) is 13.2 Å². The van der Waals surface area contributed by atoms with Crippen molar-refractivity contribution in [2.45, 2.75) is 6.92 Å². The summed E-state index contributed by atoms with van der Waals surface area (Å²) in [7, 11) is 1.23. The van der Waals surface area contributed by atoms with Crippen LogP contribution in [-0.2, 0) is 4.74 Å². The molecule has 2 aromatic carbocycles. The van der Waals surface area contributed by atoms with Crippen molar-refractivity contribution < 1.29 is 19.2 Å². The zero-order valence-corrected chi connectivity index (χ0v) is 16.6. The minimum atomic E-state index is -0.705. The number of benzene rings is 2. The first kappa shape index (κ1) is 21.2. The molecule has 1 amide bonds. The number of esters is 1. The third-order valence-electron chi connectivity index (χ3n) is 4.20. The van der Waals surface area contributed by atoms with E-state index in [9.17, 15) is 19.7 Å². The number of nitrogens with zero attached hydrogens (tertiary/aromatic N) is 3. The van der Waals surface area contributed by atoms with E-state index in [1.54, 1.807) is 42.5 Å². The Balaban J connectivity index is 1.87. The number of hydrogen-bond acceptors (Lipinski definition) is 9. The van der Waals surface area contributed by atoms with E-state index in [1.807, 2.05) is 6.92 Å². The average Bonchev–Trinajstić information content (AvgIpc) is 2.77. The van der Waals surface area contributed by atoms with Crippen LogP contribution in [0.2, 0.25) is 0 Å². The van der Waals surface area contributed by atoms with Crippen LogP contribution in [0.1, 0.15) is 26.3 Å². The van der Waals surface area contributed by atoms with Gasteiger partial charge in [0.05, 0.1) is 23.3 Å². The third kappa shape index (κ3) is 4.90. The predicted octanol–water partition coefficient (Wildman–Crippen LogP) is 2.98. The summed E-state index contributed by atoms with van der Waals surface area (Å²) in [5.74, 6) is -1.54. The Morgan fingerprint density at radius 3 is 2.39 bits per heavy atom. The minimum absolute atomic E-state index is 0.167. The van der Waals surface area contributed by atoms with E-state index < -0.39 is 22.5 Å². The van der Waals surface area contributed by atoms with Crippen LogP contribution in [0.25, 0.3) is 0 Å². The van der Waals surface area contributed by atoms with Crippen molar-refractivity contribution in [3.8, 4) is 0 Å². The Bertz CT molecular complexity index is 1130. The first-order valence-corrected chi connectivity index (χ1v) is 8.97. The third-order valence-corrected chi connectivity index (χ3v) is 4.20. The topological polar surface area (TPSA) is 148 Å². The van der Waals surface area contributed by atoms with Crippen LogP contribution in [0.15, 0.2) is 54.9 Å². The Kier molecular flexibility index (Phi) is 6.36. The Hall–Kier alpha value is -4.54. The van der Waals surface area contributed by atoms with Gasteiger partial charge in [-0.05, 0) is 31.2 Å². The Morgan fingerprint density at radius 2 is 1.71 bits per heavy atom. The van der Waals surface area contributed by atoms with E-state index in [4.69, 9.17) is 4.74 Å². The molecule has 0 aliphatic heterocycles. The molecule has 158 valence electrons. The minimum Gasteiger partial charge on any atom is -0.465 e. The van der Waals surface area contributed by atoms with Crippen LogP contribution >= 0.6 is 0 Å². The highest BCUT2D eigenvalue weighted by Gasteiger charge is 2.25. The maximum absolute atomic E-state index is 12.3. The monoisotopic (exact) mass is 422 g/mol. The summed E-state index contributed by atoms with van der Waals surface area (Å²) < 4.78 is 4.72. The van der Waals surface area contributed by atoms with Crippen molar-refractivity contribution in [1.29, 1.82) is 0 Å². The summed E-state index contributed by atoms with van der Waals surface area (Å²) in [6.45, 7) is 1.89. The van der Waals surface area contributed by atoms with Crippen LogP contribution in [-0.4, -0.2) is 33.9 Å². The predicted molar refractivity (Wildman–Crippen MR) is 112 cm³/mol. The maximum atomic E-state index is 12.3. The van der Waals surface area contributed by atoms with Crippen LogP contribution in [0.4, 0.5) is 23.0 Å². The fourth-order valence-corrected chi connectivity index (χ4v) is 2.64. The molecule has 3 N–H and O–H groups in total. The molecule has 3 aromatic rings. The second-order valence-electron chi connectivity index (χ2n) is 6.28. The van der Waals surface area contributed by atoms with Gasteiger partial charge in [0.1, 0.15) is 6.33 Å². The van der Waals surface area contributed by atoms with Crippen LogP contribution in [0, 0.1) is 17.0 Å². The van der Waals surface area contributed by atoms with Gasteiger partial charge in [0.25, 0.3) is 5.91 Å². The van der Waals surface area contributed by atoms with Crippen molar-refractivity contribution in [3.63, 3.8) is 0 Å². The molecule has 0 saturated heterocycles. The van der Waals surface area contributed by atoms with Crippen LogP contribution in [0.3, 0.4) is 0 Å². The summed E-state index contributed by atoms with van der Waals surface area (Å²) >= 11 is 0. The highest BCUT2D eigenvalue weighted by Crippen LogP contribution is 2.31. The number of aryl methyl sites for hydroxylation is 1. The molecule has 0 radical (unpaired) electrons. The number of anilines is 3. The lowest BCUT2D eigenvalue weighted by atomic mass is 10.1. The number of amides is 1. The smallest absolute Gasteiger partial charge is 0.355 e. The number of carbonyl (C=O) groups is 2. The number of ether oxygens (including phenoxy) is 1. The van der Waals surface area contributed by atoms with E-state index >= 15 is 0 Å². The molecule has 0 bridgehead atoms. The van der Waals surface area contributed by atoms with Gasteiger partial charge in [-0.1, -0.05) is 29.8 Å². The lowest BCUT2D eigenvalue weighted by Gasteiger charge is -2.12. The number of para-hydroxylation sites is 1. The normalized spacial score (nSPS) is 10.1. The summed E-state index contributed by atoms with van der Waals surface area (Å²) in [5.41, 5.74) is 6.08. The molecule has 11 heteroatoms. The summed E-state index contributed by atoms with van der Waals surface area (Å²) in [6, 6.07) is 13.1. The molecule has 0 aliphatic carbocycles. The first-order chi connectivity index (χ1) is 14.9. The van der Waals surface area contributed by atoms with Gasteiger partial charge in [-0.3, -0.25) is 25.8 Å². The fourth-order valence-electron chi connectivity index (χ4n) is 2.64. The summed E-state index contributed by atoms with van der Waals surface area (Å²) in [4.78, 5) is 43.0. The highest BCUT2D eigenvalue weighted by atomic mass is 16.6. The van der Waals surface area contributed by atoms with Gasteiger partial charge in [0, 0.05) is 5.56 Å². The summed E-state index contributed by atoms with van der Waals surface area (Å²) in [6.07, 6.45) is 1.08. The zero-order valence-electron chi connectivity index (χ0n) is 16.6. The summed E-state index contributed by atoms with van der Waals surface area (Å²) in [5, 5.41) is 14.5. The highest BCUT2D eigenvalue weighted by molar-refractivity contribution is 5.97. The van der Waals surface area contributed by atoms with Gasteiger partial charge in [0.2, 0.25) is 11.6 Å². The second kappa shape index (κ2) is 9.31. The molecule has 1 heterocycles. The molecule has 0 aliphatic rings. The van der Waals surface area contributed by atoms with Crippen molar-refractivity contribution >= 4 is 34.9 Å². The van der Waals surface area contributed by atoms with E-state index in [0.29, 0.717) is 5.56 Å². The number of nitrogens with one attached hydrogen (secondary N) is 3. The van der Waals surface area contributed by atoms with Gasteiger partial charge >= 0.3 is 11.7 Å². The Morgan fingerprint density at radius 1 is 1.03 bits per heavy atom. The lowest BCUT2D eigenvalue weighted by Crippen LogP contribution is -2.30. The SMILES string of the molecule is COC(=O)c1ccccc1Nc1ncnc(NNC(=O)c2ccc(C)cc2)c1[N+](=O)[O-]. The van der Waals surface area contributed by atoms with Crippen LogP contribution < -0.4 is 16.2 Å². The number of hydrazine groups is 1. The molecule has 11 nitrogen and oxygen atoms in total. The maximum Gasteiger partial charge on any atom is 0.355 e. The largest absolute Gasteiger partial charge is 0.465 e. The molecule has 0 fully saturated rings. The molecule has 31 heavy (non-hydrogen) atoms. The van der Waals surface area contributed by atoms with Gasteiger partial charge in [0.15, 0.2) is 0 Å². The van der Waals surface area contributed by atoms with Crippen molar-refractivity contribution in [2.24, 2.45) is 0 Å². The zero-order chi connectivity index (χ0) is 22.4. The van der Waals surface area contributed by atoms with E-state index in [-0.39, 0.29) is 22.9 Å². The fraction of sp³-hybridized carbons (Fsp3) is 0.100. The number of rotatable bonds is 7. The molecule has 0 atom stereocenters. The van der Waals surface area contributed by atoms with Gasteiger partial charge < -0.3 is 10.1 Å². The molecule has 3 rings (SSSR count).